The molecule has 6 rings (SSSR count). The molecule has 2 bridgehead atoms. The molecule has 0 radical (unpaired) electrons. The van der Waals surface area contributed by atoms with Crippen LogP contribution in [0.2, 0.25) is 5.02 Å². The van der Waals surface area contributed by atoms with Crippen molar-refractivity contribution in [2.75, 3.05) is 23.3 Å². The van der Waals surface area contributed by atoms with Gasteiger partial charge in [0.25, 0.3) is 0 Å². The van der Waals surface area contributed by atoms with Crippen LogP contribution in [0.25, 0.3) is 0 Å². The maximum Gasteiger partial charge on any atom is 0.242 e. The minimum absolute atomic E-state index is 0.283. The molecule has 3 aliphatic rings. The van der Waals surface area contributed by atoms with Crippen LogP contribution in [0.5, 0.6) is 5.75 Å². The Morgan fingerprint density at radius 3 is 2.68 bits per heavy atom. The van der Waals surface area contributed by atoms with Crippen molar-refractivity contribution in [1.82, 2.24) is 24.7 Å². The van der Waals surface area contributed by atoms with Crippen molar-refractivity contribution in [2.45, 2.75) is 51.3 Å². The second kappa shape index (κ2) is 8.69. The van der Waals surface area contributed by atoms with Gasteiger partial charge in [0.1, 0.15) is 23.7 Å². The smallest absolute Gasteiger partial charge is 0.242 e. The molecule has 1 aromatic carbocycles. The van der Waals surface area contributed by atoms with Crippen molar-refractivity contribution >= 4 is 23.4 Å². The average molecular weight is 484 g/mol. The molecule has 34 heavy (non-hydrogen) atoms. The summed E-state index contributed by atoms with van der Waals surface area (Å²) in [7, 11) is 0. The third kappa shape index (κ3) is 4.17. The molecule has 0 spiro atoms. The second-order valence-electron chi connectivity index (χ2n) is 9.56. The third-order valence-corrected chi connectivity index (χ3v) is 7.40. The van der Waals surface area contributed by atoms with Gasteiger partial charge in [-0.2, -0.15) is 4.98 Å². The van der Waals surface area contributed by atoms with Gasteiger partial charge in [0.05, 0.1) is 0 Å². The second-order valence-corrected chi connectivity index (χ2v) is 10.00. The molecule has 3 aromatic rings. The van der Waals surface area contributed by atoms with Gasteiger partial charge in [0, 0.05) is 48.5 Å². The van der Waals surface area contributed by atoms with E-state index in [9.17, 15) is 4.39 Å². The molecule has 8 nitrogen and oxygen atoms in total. The normalized spacial score (nSPS) is 25.8. The number of benzene rings is 1. The minimum Gasteiger partial charge on any atom is -0.482 e. The summed E-state index contributed by atoms with van der Waals surface area (Å²) >= 11 is 6.00. The molecule has 2 fully saturated rings. The van der Waals surface area contributed by atoms with E-state index >= 15 is 0 Å². The lowest BCUT2D eigenvalue weighted by Crippen LogP contribution is -2.48. The molecule has 1 saturated heterocycles. The van der Waals surface area contributed by atoms with Crippen LogP contribution < -0.4 is 15.0 Å². The summed E-state index contributed by atoms with van der Waals surface area (Å²) in [6.07, 6.45) is 5.45. The first kappa shape index (κ1) is 21.6. The van der Waals surface area contributed by atoms with Crippen LogP contribution >= 0.6 is 11.6 Å². The first-order valence-electron chi connectivity index (χ1n) is 11.9. The summed E-state index contributed by atoms with van der Waals surface area (Å²) in [4.78, 5) is 15.9. The lowest BCUT2D eigenvalue weighted by molar-refractivity contribution is 0.155. The Morgan fingerprint density at radius 1 is 1.09 bits per heavy atom. The highest BCUT2D eigenvalue weighted by molar-refractivity contribution is 6.30. The molecule has 1 saturated carbocycles. The van der Waals surface area contributed by atoms with E-state index in [-0.39, 0.29) is 6.10 Å². The van der Waals surface area contributed by atoms with Crippen molar-refractivity contribution in [2.24, 2.45) is 11.8 Å². The van der Waals surface area contributed by atoms with Crippen LogP contribution in [0, 0.1) is 24.6 Å². The molecule has 2 aromatic heterocycles. The van der Waals surface area contributed by atoms with Gasteiger partial charge in [-0.05, 0) is 56.6 Å². The number of piperidine rings is 1. The number of aryl methyl sites for hydroxylation is 2. The number of rotatable bonds is 5. The number of aromatic nitrogens is 5. The largest absolute Gasteiger partial charge is 0.482 e. The van der Waals surface area contributed by atoms with Gasteiger partial charge in [0.15, 0.2) is 11.9 Å². The summed E-state index contributed by atoms with van der Waals surface area (Å²) in [5.41, 5.74) is 0.989. The quantitative estimate of drug-likeness (QED) is 0.575. The van der Waals surface area contributed by atoms with E-state index in [0.717, 1.165) is 49.8 Å². The Kier molecular flexibility index (Phi) is 5.51. The number of hydrogen-bond donors (Lipinski definition) is 1. The highest BCUT2D eigenvalue weighted by Gasteiger charge is 2.43. The van der Waals surface area contributed by atoms with Crippen molar-refractivity contribution in [1.29, 1.82) is 0 Å². The number of nitrogens with one attached hydrogen (secondary N) is 1. The SMILES string of the molecule is Cc1cc(N2C[C@H]3CC[C@@H](C2)C3Nc2nc3n(n2)CCC[C@@H]3Oc2cc(F)cc(Cl)c2)ncn1. The monoisotopic (exact) mass is 483 g/mol. The number of hydrogen-bond acceptors (Lipinski definition) is 7. The fourth-order valence-corrected chi connectivity index (χ4v) is 5.87. The molecular formula is C24H27ClFN7O. The number of fused-ring (bicyclic) bond motifs is 3. The number of halogens is 2. The molecule has 1 N–H and O–H groups in total. The third-order valence-electron chi connectivity index (χ3n) is 7.18. The van der Waals surface area contributed by atoms with Crippen LogP contribution in [0.1, 0.15) is 43.3 Å². The summed E-state index contributed by atoms with van der Waals surface area (Å²) in [6.45, 7) is 4.72. The van der Waals surface area contributed by atoms with E-state index in [0.29, 0.717) is 34.6 Å². The Bertz CT molecular complexity index is 1170. The van der Waals surface area contributed by atoms with Crippen LogP contribution in [-0.4, -0.2) is 43.9 Å². The van der Waals surface area contributed by atoms with Gasteiger partial charge in [-0.1, -0.05) is 11.6 Å². The number of ether oxygens (including phenoxy) is 1. The molecule has 1 unspecified atom stereocenters. The zero-order chi connectivity index (χ0) is 23.2. The van der Waals surface area contributed by atoms with Crippen LogP contribution in [0.15, 0.2) is 30.6 Å². The van der Waals surface area contributed by atoms with Gasteiger partial charge in [-0.3, -0.25) is 0 Å². The maximum atomic E-state index is 13.8. The standard InChI is InChI=1S/C24H27ClFN7O/c1-14-7-21(28-13-27-14)32-11-15-4-5-16(12-32)22(15)29-24-30-23-20(3-2-6-33(23)31-24)34-19-9-17(25)8-18(26)10-19/h7-10,13,15-16,20,22H,2-6,11-12H2,1H3,(H,29,31)/t15-,16+,20-,22?/m0/s1. The van der Waals surface area contributed by atoms with Crippen molar-refractivity contribution in [3.8, 4) is 5.75 Å². The summed E-state index contributed by atoms with van der Waals surface area (Å²) in [6, 6.07) is 6.65. The summed E-state index contributed by atoms with van der Waals surface area (Å²) in [5, 5.41) is 8.70. The lowest BCUT2D eigenvalue weighted by atomic mass is 9.92. The maximum absolute atomic E-state index is 13.8. The van der Waals surface area contributed by atoms with Crippen LogP contribution in [0.4, 0.5) is 16.2 Å². The van der Waals surface area contributed by atoms with Gasteiger partial charge in [-0.15, -0.1) is 5.10 Å². The van der Waals surface area contributed by atoms with Gasteiger partial charge in [0.2, 0.25) is 5.95 Å². The van der Waals surface area contributed by atoms with E-state index in [2.05, 4.69) is 26.3 Å². The van der Waals surface area contributed by atoms with Crippen molar-refractivity contribution in [3.05, 3.63) is 53.0 Å². The molecule has 10 heteroatoms. The van der Waals surface area contributed by atoms with E-state index in [1.54, 1.807) is 12.4 Å². The highest BCUT2D eigenvalue weighted by Crippen LogP contribution is 2.40. The lowest BCUT2D eigenvalue weighted by Gasteiger charge is -2.38. The zero-order valence-electron chi connectivity index (χ0n) is 19.0. The number of nitrogens with zero attached hydrogens (tertiary/aromatic N) is 6. The van der Waals surface area contributed by atoms with Crippen LogP contribution in [-0.2, 0) is 6.54 Å². The van der Waals surface area contributed by atoms with Crippen LogP contribution in [0.3, 0.4) is 0 Å². The predicted molar refractivity (Wildman–Crippen MR) is 127 cm³/mol. The molecule has 178 valence electrons. The predicted octanol–water partition coefficient (Wildman–Crippen LogP) is 4.41. The summed E-state index contributed by atoms with van der Waals surface area (Å²) in [5.74, 6) is 3.45. The minimum atomic E-state index is -0.416. The fraction of sp³-hybridized carbons (Fsp3) is 0.500. The zero-order valence-corrected chi connectivity index (χ0v) is 19.7. The van der Waals surface area contributed by atoms with Crippen molar-refractivity contribution < 1.29 is 9.13 Å². The molecule has 0 amide bonds. The Balaban J connectivity index is 1.17. The Hall–Kier alpha value is -2.94. The molecular weight excluding hydrogens is 457 g/mol. The first-order chi connectivity index (χ1) is 16.5. The van der Waals surface area contributed by atoms with E-state index in [4.69, 9.17) is 26.4 Å². The molecule has 4 atom stereocenters. The highest BCUT2D eigenvalue weighted by atomic mass is 35.5. The topological polar surface area (TPSA) is 81.0 Å². The average Bonchev–Trinajstić information content (AvgIpc) is 3.30. The Morgan fingerprint density at radius 2 is 1.91 bits per heavy atom. The van der Waals surface area contributed by atoms with E-state index in [1.165, 1.54) is 25.0 Å². The Labute approximate surface area is 202 Å². The fourth-order valence-electron chi connectivity index (χ4n) is 5.65. The van der Waals surface area contributed by atoms with Gasteiger partial charge in [-0.25, -0.2) is 19.0 Å². The van der Waals surface area contributed by atoms with Gasteiger partial charge >= 0.3 is 0 Å². The number of anilines is 2. The van der Waals surface area contributed by atoms with Gasteiger partial charge < -0.3 is 15.0 Å². The summed E-state index contributed by atoms with van der Waals surface area (Å²) < 4.78 is 21.8. The molecule has 4 heterocycles. The molecule has 1 aliphatic carbocycles. The van der Waals surface area contributed by atoms with Crippen molar-refractivity contribution in [3.63, 3.8) is 0 Å². The molecule has 2 aliphatic heterocycles. The van der Waals surface area contributed by atoms with E-state index < -0.39 is 5.82 Å². The first-order valence-corrected chi connectivity index (χ1v) is 12.3. The van der Waals surface area contributed by atoms with E-state index in [1.807, 2.05) is 11.6 Å².